The first-order valence-electron chi connectivity index (χ1n) is 5.74. The van der Waals surface area contributed by atoms with Gasteiger partial charge in [-0.05, 0) is 103 Å². The number of hydrogen-bond acceptors (Lipinski definition) is 3. The Morgan fingerprint density at radius 3 is 1.96 bits per heavy atom. The van der Waals surface area contributed by atoms with Crippen LogP contribution in [0.1, 0.15) is 18.1 Å². The van der Waals surface area contributed by atoms with Gasteiger partial charge in [0.05, 0.1) is 6.61 Å². The van der Waals surface area contributed by atoms with Gasteiger partial charge in [0.2, 0.25) is 0 Å². The predicted molar refractivity (Wildman–Crippen MR) is 118 cm³/mol. The van der Waals surface area contributed by atoms with Crippen molar-refractivity contribution in [2.45, 2.75) is 18.8 Å². The first-order chi connectivity index (χ1) is 10.3. The molecule has 1 rings (SSSR count). The number of alkyl halides is 2. The van der Waals surface area contributed by atoms with Crippen molar-refractivity contribution in [2.75, 3.05) is 6.61 Å². The fraction of sp³-hybridized carbons (Fsp3) is 0.333. The van der Waals surface area contributed by atoms with Gasteiger partial charge < -0.3 is 4.74 Å². The quantitative estimate of drug-likeness (QED) is 0.247. The number of benzene rings is 1. The van der Waals surface area contributed by atoms with Gasteiger partial charge in [0.25, 0.3) is 0 Å². The highest BCUT2D eigenvalue weighted by Crippen LogP contribution is 2.36. The average molecular weight is 796 g/mol. The summed E-state index contributed by atoms with van der Waals surface area (Å²) in [5.41, 5.74) is 2.57. The zero-order valence-electron chi connectivity index (χ0n) is 11.5. The molecular formula is C12H10F2I4O4S. The highest BCUT2D eigenvalue weighted by atomic mass is 127. The van der Waals surface area contributed by atoms with Crippen LogP contribution in [0.4, 0.5) is 8.78 Å². The first-order valence-corrected chi connectivity index (χ1v) is 11.5. The molecule has 0 saturated carbocycles. The molecule has 0 aliphatic rings. The van der Waals surface area contributed by atoms with Crippen LogP contribution in [0.3, 0.4) is 0 Å². The topological polar surface area (TPSA) is 63.6 Å². The van der Waals surface area contributed by atoms with Crippen LogP contribution in [0.25, 0.3) is 5.57 Å². The molecule has 0 aliphatic heterocycles. The van der Waals surface area contributed by atoms with Gasteiger partial charge in [0, 0.05) is 25.4 Å². The van der Waals surface area contributed by atoms with Crippen molar-refractivity contribution in [3.05, 3.63) is 32.0 Å². The minimum absolute atomic E-state index is 0.190. The molecule has 0 spiro atoms. The Hall–Kier alpha value is 1.61. The van der Waals surface area contributed by atoms with E-state index in [1.165, 1.54) is 0 Å². The lowest BCUT2D eigenvalue weighted by Crippen LogP contribution is -2.33. The van der Waals surface area contributed by atoms with Crippen molar-refractivity contribution in [2.24, 2.45) is 0 Å². The Kier molecular flexibility index (Phi) is 8.40. The van der Waals surface area contributed by atoms with Crippen LogP contribution in [0.5, 0.6) is 0 Å². The monoisotopic (exact) mass is 796 g/mol. The van der Waals surface area contributed by atoms with Crippen molar-refractivity contribution < 1.29 is 26.5 Å². The minimum atomic E-state index is -5.49. The lowest BCUT2D eigenvalue weighted by molar-refractivity contribution is -0.0268. The first kappa shape index (κ1) is 22.7. The van der Waals surface area contributed by atoms with E-state index < -0.39 is 22.0 Å². The predicted octanol–water partition coefficient (Wildman–Crippen LogP) is 5.14. The number of hydrogen-bond donors (Lipinski definition) is 1. The van der Waals surface area contributed by atoms with Crippen LogP contribution in [-0.2, 0) is 21.5 Å². The van der Waals surface area contributed by atoms with Gasteiger partial charge in [-0.15, -0.1) is 0 Å². The van der Waals surface area contributed by atoms with Gasteiger partial charge in [0.15, 0.2) is 0 Å². The second kappa shape index (κ2) is 8.53. The van der Waals surface area contributed by atoms with Crippen LogP contribution in [0.2, 0.25) is 0 Å². The summed E-state index contributed by atoms with van der Waals surface area (Å²) in [5, 5.41) is -4.33. The van der Waals surface area contributed by atoms with Gasteiger partial charge in [0.1, 0.15) is 6.61 Å². The Morgan fingerprint density at radius 1 is 1.17 bits per heavy atom. The van der Waals surface area contributed by atoms with E-state index in [4.69, 9.17) is 9.29 Å². The van der Waals surface area contributed by atoms with E-state index in [1.54, 1.807) is 0 Å². The van der Waals surface area contributed by atoms with Crippen molar-refractivity contribution in [3.8, 4) is 0 Å². The third-order valence-corrected chi connectivity index (χ3v) is 10.2. The van der Waals surface area contributed by atoms with E-state index in [1.807, 2.05) is 6.92 Å². The highest BCUT2D eigenvalue weighted by Gasteiger charge is 2.44. The van der Waals surface area contributed by atoms with Gasteiger partial charge in [-0.25, -0.2) is 0 Å². The van der Waals surface area contributed by atoms with E-state index in [2.05, 4.69) is 96.9 Å². The fourth-order valence-corrected chi connectivity index (χ4v) is 6.29. The Labute approximate surface area is 187 Å². The third-order valence-electron chi connectivity index (χ3n) is 2.67. The molecule has 11 heteroatoms. The molecule has 0 saturated heterocycles. The molecule has 130 valence electrons. The van der Waals surface area contributed by atoms with Crippen molar-refractivity contribution in [1.82, 2.24) is 0 Å². The molecule has 0 unspecified atom stereocenters. The van der Waals surface area contributed by atoms with Crippen LogP contribution < -0.4 is 0 Å². The Morgan fingerprint density at radius 2 is 1.61 bits per heavy atom. The molecule has 0 aromatic heterocycles. The van der Waals surface area contributed by atoms with Crippen LogP contribution in [0, 0.1) is 14.3 Å². The summed E-state index contributed by atoms with van der Waals surface area (Å²) in [4.78, 5) is 0. The molecule has 23 heavy (non-hydrogen) atoms. The second-order valence-corrected chi connectivity index (χ2v) is 10.4. The van der Waals surface area contributed by atoms with E-state index in [-0.39, 0.29) is 6.61 Å². The molecule has 1 aromatic rings. The molecule has 0 atom stereocenters. The van der Waals surface area contributed by atoms with Gasteiger partial charge in [-0.3, -0.25) is 4.55 Å². The highest BCUT2D eigenvalue weighted by molar-refractivity contribution is 14.1. The zero-order valence-corrected chi connectivity index (χ0v) is 20.9. The maximum absolute atomic E-state index is 13.2. The molecule has 0 aliphatic carbocycles. The summed E-state index contributed by atoms with van der Waals surface area (Å²) in [7, 11) is -5.49. The Balaban J connectivity index is 3.11. The molecule has 0 bridgehead atoms. The van der Waals surface area contributed by atoms with Crippen molar-refractivity contribution >= 4 is 106 Å². The SMILES string of the molecule is C=C(C)c1c(I)c(I)c(COCC(F)(F)S(=O)(=O)O)c(I)c1I. The van der Waals surface area contributed by atoms with E-state index in [0.717, 1.165) is 25.4 Å². The van der Waals surface area contributed by atoms with E-state index >= 15 is 0 Å². The molecular weight excluding hydrogens is 786 g/mol. The van der Waals surface area contributed by atoms with Crippen molar-refractivity contribution in [3.63, 3.8) is 0 Å². The summed E-state index contributed by atoms with van der Waals surface area (Å²) >= 11 is 8.49. The van der Waals surface area contributed by atoms with Gasteiger partial charge >= 0.3 is 15.4 Å². The summed E-state index contributed by atoms with van der Waals surface area (Å²) in [5.74, 6) is 0. The maximum atomic E-state index is 13.2. The summed E-state index contributed by atoms with van der Waals surface area (Å²) in [6.07, 6.45) is 0. The molecule has 0 heterocycles. The lowest BCUT2D eigenvalue weighted by Gasteiger charge is -2.18. The maximum Gasteiger partial charge on any atom is 0.392 e. The molecule has 0 fully saturated rings. The molecule has 0 radical (unpaired) electrons. The minimum Gasteiger partial charge on any atom is -0.369 e. The lowest BCUT2D eigenvalue weighted by atomic mass is 10.1. The Bertz CT molecular complexity index is 721. The molecule has 1 N–H and O–H groups in total. The molecule has 1 aromatic carbocycles. The summed E-state index contributed by atoms with van der Waals surface area (Å²) in [6, 6.07) is 0. The van der Waals surface area contributed by atoms with Gasteiger partial charge in [-0.2, -0.15) is 17.2 Å². The van der Waals surface area contributed by atoms with E-state index in [9.17, 15) is 17.2 Å². The smallest absolute Gasteiger partial charge is 0.369 e. The normalized spacial score (nSPS) is 12.5. The van der Waals surface area contributed by atoms with Gasteiger partial charge in [-0.1, -0.05) is 6.58 Å². The van der Waals surface area contributed by atoms with Crippen LogP contribution >= 0.6 is 90.4 Å². The van der Waals surface area contributed by atoms with E-state index in [0.29, 0.717) is 5.56 Å². The average Bonchev–Trinajstić information content (AvgIpc) is 2.39. The number of halogens is 6. The molecule has 4 nitrogen and oxygen atoms in total. The largest absolute Gasteiger partial charge is 0.392 e. The standard InChI is InChI=1S/C12H10F2I4O4S/c1-5(2)7-10(17)8(15)6(9(16)11(7)18)3-22-4-12(13,14)23(19,20)21/h1,3-4H2,2H3,(H,19,20,21). The third kappa shape index (κ3) is 5.30. The molecule has 0 amide bonds. The van der Waals surface area contributed by atoms with Crippen molar-refractivity contribution in [1.29, 1.82) is 0 Å². The summed E-state index contributed by atoms with van der Waals surface area (Å²) in [6.45, 7) is 4.22. The second-order valence-electron chi connectivity index (χ2n) is 4.50. The number of ether oxygens (including phenoxy) is 1. The number of allylic oxidation sites excluding steroid dienone is 1. The number of rotatable bonds is 6. The van der Waals surface area contributed by atoms with Crippen LogP contribution in [-0.4, -0.2) is 24.8 Å². The summed E-state index contributed by atoms with van der Waals surface area (Å²) < 4.78 is 64.3. The fourth-order valence-electron chi connectivity index (χ4n) is 1.52. The van der Waals surface area contributed by atoms with Crippen LogP contribution in [0.15, 0.2) is 6.58 Å². The zero-order chi connectivity index (χ0) is 18.2.